The van der Waals surface area contributed by atoms with E-state index in [4.69, 9.17) is 10.7 Å². The maximum absolute atomic E-state index is 13.6. The van der Waals surface area contributed by atoms with E-state index in [1.54, 1.807) is 6.07 Å². The van der Waals surface area contributed by atoms with Crippen molar-refractivity contribution in [1.82, 2.24) is 18.8 Å². The first-order chi connectivity index (χ1) is 18.3. The normalized spacial score (nSPS) is 15.6. The lowest BCUT2D eigenvalue weighted by Crippen LogP contribution is -2.42. The number of aromatic nitrogens is 3. The number of anilines is 2. The maximum atomic E-state index is 13.6. The zero-order valence-electron chi connectivity index (χ0n) is 20.8. The van der Waals surface area contributed by atoms with Crippen LogP contribution in [0.25, 0.3) is 11.0 Å². The number of rotatable bonds is 10. The molecule has 0 atom stereocenters. The van der Waals surface area contributed by atoms with Gasteiger partial charge in [0.05, 0.1) is 16.7 Å². The summed E-state index contributed by atoms with van der Waals surface area (Å²) in [7, 11) is -1.79. The first kappa shape index (κ1) is 29.1. The molecule has 0 amide bonds. The first-order valence-corrected chi connectivity index (χ1v) is 16.2. The molecule has 0 spiro atoms. The van der Waals surface area contributed by atoms with Crippen LogP contribution in [0.15, 0.2) is 46.2 Å². The van der Waals surface area contributed by atoms with Crippen LogP contribution < -0.4 is 16.2 Å². The zero-order chi connectivity index (χ0) is 28.4. The van der Waals surface area contributed by atoms with E-state index >= 15 is 0 Å². The Hall–Kier alpha value is -2.88. The summed E-state index contributed by atoms with van der Waals surface area (Å²) in [6.07, 6.45) is 0.943. The van der Waals surface area contributed by atoms with Crippen LogP contribution in [0.1, 0.15) is 31.3 Å². The number of benzene rings is 1. The Labute approximate surface area is 228 Å². The molecule has 16 heteroatoms. The number of pyridine rings is 1. The lowest BCUT2D eigenvalue weighted by Gasteiger charge is -2.30. The van der Waals surface area contributed by atoms with Gasteiger partial charge in [-0.3, -0.25) is 9.36 Å². The molecule has 2 N–H and O–H groups in total. The van der Waals surface area contributed by atoms with E-state index in [1.807, 2.05) is 0 Å². The van der Waals surface area contributed by atoms with Crippen molar-refractivity contribution in [3.05, 3.63) is 52.4 Å². The number of aryl methyl sites for hydroxylation is 1. The van der Waals surface area contributed by atoms with Crippen molar-refractivity contribution in [1.29, 1.82) is 0 Å². The predicted octanol–water partition coefficient (Wildman–Crippen LogP) is 2.99. The molecule has 2 aromatic heterocycles. The molecular formula is C23H27ClF2N6O5S2. The Bertz CT molecular complexity index is 1630. The summed E-state index contributed by atoms with van der Waals surface area (Å²) in [5.41, 5.74) is -0.844. The average Bonchev–Trinajstić information content (AvgIpc) is 2.87. The standard InChI is InChI=1S/C23H27ClF2N6O5S2/c1-38(34,35)31-10-6-16(7-11-31)29-23-28-14-15-12-19(20(25)26)22(33)32(21(15)30-23)9-3-8-27-17-4-2-5-18(13-17)39(24,36)37/h2,4-5,12-14,16,20,27H,3,6-11H2,1H3,(H,28,29,30). The van der Waals surface area contributed by atoms with Gasteiger partial charge >= 0.3 is 0 Å². The summed E-state index contributed by atoms with van der Waals surface area (Å²) in [6.45, 7) is 1.05. The van der Waals surface area contributed by atoms with E-state index in [0.29, 0.717) is 44.6 Å². The number of hydrogen-bond donors (Lipinski definition) is 2. The fraction of sp³-hybridized carbons (Fsp3) is 0.435. The Morgan fingerprint density at radius 1 is 1.15 bits per heavy atom. The fourth-order valence-corrected chi connectivity index (χ4v) is 6.03. The van der Waals surface area contributed by atoms with E-state index in [-0.39, 0.29) is 34.5 Å². The molecule has 0 aliphatic carbocycles. The van der Waals surface area contributed by atoms with Crippen molar-refractivity contribution in [2.75, 3.05) is 36.5 Å². The predicted molar refractivity (Wildman–Crippen MR) is 144 cm³/mol. The second-order valence-corrected chi connectivity index (χ2v) is 13.7. The highest BCUT2D eigenvalue weighted by molar-refractivity contribution is 8.13. The van der Waals surface area contributed by atoms with Gasteiger partial charge in [0, 0.05) is 60.2 Å². The molecule has 212 valence electrons. The van der Waals surface area contributed by atoms with Crippen LogP contribution in [0.3, 0.4) is 0 Å². The van der Waals surface area contributed by atoms with Crippen molar-refractivity contribution in [2.24, 2.45) is 0 Å². The third-order valence-electron chi connectivity index (χ3n) is 6.35. The SMILES string of the molecule is CS(=O)(=O)N1CCC(Nc2ncc3cc(C(F)F)c(=O)n(CCCNc4cccc(S(=O)(=O)Cl)c4)c3n2)CC1. The molecular weight excluding hydrogens is 578 g/mol. The summed E-state index contributed by atoms with van der Waals surface area (Å²) in [5, 5.41) is 6.46. The summed E-state index contributed by atoms with van der Waals surface area (Å²) >= 11 is 0. The van der Waals surface area contributed by atoms with E-state index in [9.17, 15) is 30.4 Å². The minimum Gasteiger partial charge on any atom is -0.385 e. The van der Waals surface area contributed by atoms with E-state index < -0.39 is 36.6 Å². The molecule has 1 aromatic carbocycles. The summed E-state index contributed by atoms with van der Waals surface area (Å²) < 4.78 is 76.4. The minimum absolute atomic E-state index is 0.0551. The second-order valence-electron chi connectivity index (χ2n) is 9.16. The van der Waals surface area contributed by atoms with Crippen molar-refractivity contribution in [3.63, 3.8) is 0 Å². The van der Waals surface area contributed by atoms with Crippen LogP contribution in [-0.2, 0) is 25.6 Å². The minimum atomic E-state index is -3.90. The monoisotopic (exact) mass is 604 g/mol. The second kappa shape index (κ2) is 11.7. The molecule has 0 saturated carbocycles. The fourth-order valence-electron chi connectivity index (χ4n) is 4.36. The number of piperidine rings is 1. The molecule has 1 aliphatic rings. The van der Waals surface area contributed by atoms with Crippen molar-refractivity contribution < 1.29 is 25.6 Å². The van der Waals surface area contributed by atoms with Crippen LogP contribution in [-0.4, -0.2) is 67.6 Å². The molecule has 3 aromatic rings. The third kappa shape index (κ3) is 7.21. The highest BCUT2D eigenvalue weighted by Gasteiger charge is 2.25. The lowest BCUT2D eigenvalue weighted by molar-refractivity contribution is 0.149. The van der Waals surface area contributed by atoms with Gasteiger partial charge in [0.25, 0.3) is 21.0 Å². The summed E-state index contributed by atoms with van der Waals surface area (Å²) in [6, 6.07) is 6.89. The molecule has 3 heterocycles. The van der Waals surface area contributed by atoms with Crippen molar-refractivity contribution in [3.8, 4) is 0 Å². The third-order valence-corrected chi connectivity index (χ3v) is 9.00. The van der Waals surface area contributed by atoms with Gasteiger partial charge in [-0.05, 0) is 43.5 Å². The highest BCUT2D eigenvalue weighted by atomic mass is 35.7. The topological polar surface area (TPSA) is 143 Å². The molecule has 1 aliphatic heterocycles. The number of alkyl halides is 2. The molecule has 1 saturated heterocycles. The molecule has 1 fully saturated rings. The smallest absolute Gasteiger partial charge is 0.269 e. The van der Waals surface area contributed by atoms with E-state index in [2.05, 4.69) is 20.6 Å². The lowest BCUT2D eigenvalue weighted by atomic mass is 10.1. The van der Waals surface area contributed by atoms with Gasteiger partial charge in [-0.2, -0.15) is 4.98 Å². The van der Waals surface area contributed by atoms with E-state index in [1.165, 1.54) is 33.3 Å². The van der Waals surface area contributed by atoms with Gasteiger partial charge in [-0.15, -0.1) is 0 Å². The van der Waals surface area contributed by atoms with E-state index in [0.717, 1.165) is 12.3 Å². The number of halogens is 3. The summed E-state index contributed by atoms with van der Waals surface area (Å²) in [5.74, 6) is 0.204. The molecule has 0 unspecified atom stereocenters. The zero-order valence-corrected chi connectivity index (χ0v) is 23.2. The van der Waals surface area contributed by atoms with Crippen LogP contribution in [0, 0.1) is 0 Å². The molecule has 0 bridgehead atoms. The van der Waals surface area contributed by atoms with Crippen LogP contribution in [0.2, 0.25) is 0 Å². The van der Waals surface area contributed by atoms with Gasteiger partial charge in [0.15, 0.2) is 0 Å². The Morgan fingerprint density at radius 3 is 2.51 bits per heavy atom. The van der Waals surface area contributed by atoms with Gasteiger partial charge in [-0.1, -0.05) is 6.07 Å². The Kier molecular flexibility index (Phi) is 8.73. The molecule has 4 rings (SSSR count). The van der Waals surface area contributed by atoms with Gasteiger partial charge < -0.3 is 10.6 Å². The first-order valence-electron chi connectivity index (χ1n) is 12.0. The van der Waals surface area contributed by atoms with Crippen molar-refractivity contribution in [2.45, 2.75) is 43.2 Å². The average molecular weight is 605 g/mol. The number of sulfonamides is 1. The largest absolute Gasteiger partial charge is 0.385 e. The van der Waals surface area contributed by atoms with Crippen LogP contribution in [0.4, 0.5) is 20.4 Å². The number of fused-ring (bicyclic) bond motifs is 1. The van der Waals surface area contributed by atoms with Crippen LogP contribution >= 0.6 is 10.7 Å². The van der Waals surface area contributed by atoms with Gasteiger partial charge in [0.1, 0.15) is 5.65 Å². The van der Waals surface area contributed by atoms with Gasteiger partial charge in [-0.25, -0.2) is 34.9 Å². The number of hydrogen-bond acceptors (Lipinski definition) is 9. The van der Waals surface area contributed by atoms with Gasteiger partial charge in [0.2, 0.25) is 16.0 Å². The molecule has 11 nitrogen and oxygen atoms in total. The molecule has 39 heavy (non-hydrogen) atoms. The van der Waals surface area contributed by atoms with Crippen LogP contribution in [0.5, 0.6) is 0 Å². The van der Waals surface area contributed by atoms with Crippen molar-refractivity contribution >= 4 is 52.4 Å². The number of nitrogens with zero attached hydrogens (tertiary/aromatic N) is 4. The quantitative estimate of drug-likeness (QED) is 0.264. The Balaban J connectivity index is 1.51. The highest BCUT2D eigenvalue weighted by Crippen LogP contribution is 2.22. The maximum Gasteiger partial charge on any atom is 0.269 e. The summed E-state index contributed by atoms with van der Waals surface area (Å²) in [4.78, 5) is 21.5. The molecule has 0 radical (unpaired) electrons. The number of nitrogens with one attached hydrogen (secondary N) is 2. The Morgan fingerprint density at radius 2 is 1.87 bits per heavy atom.